The lowest BCUT2D eigenvalue weighted by molar-refractivity contribution is -0.283. The Bertz CT molecular complexity index is 877. The van der Waals surface area contributed by atoms with E-state index in [1.54, 1.807) is 6.92 Å². The second-order valence-corrected chi connectivity index (χ2v) is 13.7. The molecule has 0 spiro atoms. The Labute approximate surface area is 222 Å². The molecule has 6 nitrogen and oxygen atoms in total. The van der Waals surface area contributed by atoms with Crippen LogP contribution in [0.4, 0.5) is 0 Å². The van der Waals surface area contributed by atoms with Crippen molar-refractivity contribution in [3.63, 3.8) is 0 Å². The fourth-order valence-electron chi connectivity index (χ4n) is 10.1. The van der Waals surface area contributed by atoms with E-state index < -0.39 is 5.60 Å². The molecule has 2 saturated heterocycles. The smallest absolute Gasteiger partial charge is 0.162 e. The number of rotatable bonds is 5. The van der Waals surface area contributed by atoms with Crippen LogP contribution in [0.3, 0.4) is 0 Å². The molecule has 4 aliphatic carbocycles. The molecule has 4 saturated carbocycles. The number of carbonyl (C=O) groups is 2. The summed E-state index contributed by atoms with van der Waals surface area (Å²) in [5.41, 5.74) is -1.01. The molecule has 6 rings (SSSR count). The summed E-state index contributed by atoms with van der Waals surface area (Å²) in [7, 11) is 0. The van der Waals surface area contributed by atoms with E-state index in [9.17, 15) is 9.59 Å². The van der Waals surface area contributed by atoms with Gasteiger partial charge >= 0.3 is 0 Å². The molecule has 0 aromatic carbocycles. The molecule has 0 bridgehead atoms. The van der Waals surface area contributed by atoms with Gasteiger partial charge in [-0.1, -0.05) is 13.8 Å². The van der Waals surface area contributed by atoms with Gasteiger partial charge in [-0.25, -0.2) is 0 Å². The summed E-state index contributed by atoms with van der Waals surface area (Å²) in [6.45, 7) is 8.02. The Kier molecular flexibility index (Phi) is 7.12. The minimum atomic E-state index is -0.819. The highest BCUT2D eigenvalue weighted by Crippen LogP contribution is 2.69. The van der Waals surface area contributed by atoms with E-state index >= 15 is 0 Å². The Morgan fingerprint density at radius 1 is 0.919 bits per heavy atom. The first-order valence-corrected chi connectivity index (χ1v) is 15.4. The van der Waals surface area contributed by atoms with Gasteiger partial charge in [-0.2, -0.15) is 0 Å². The van der Waals surface area contributed by atoms with Gasteiger partial charge in [0.25, 0.3) is 0 Å². The van der Waals surface area contributed by atoms with Crippen molar-refractivity contribution in [2.45, 2.75) is 135 Å². The van der Waals surface area contributed by atoms with Crippen molar-refractivity contribution >= 4 is 11.6 Å². The van der Waals surface area contributed by atoms with E-state index in [0.29, 0.717) is 42.5 Å². The summed E-state index contributed by atoms with van der Waals surface area (Å²) in [5, 5.41) is 0. The molecule has 6 heteroatoms. The Morgan fingerprint density at radius 3 is 2.32 bits per heavy atom. The molecule has 0 aromatic rings. The predicted molar refractivity (Wildman–Crippen MR) is 139 cm³/mol. The third-order valence-corrected chi connectivity index (χ3v) is 12.0. The second-order valence-electron chi connectivity index (χ2n) is 13.7. The zero-order valence-electron chi connectivity index (χ0n) is 23.3. The maximum atomic E-state index is 13.6. The Morgan fingerprint density at radius 2 is 1.65 bits per heavy atom. The molecule has 0 radical (unpaired) electrons. The number of ether oxygens (including phenoxy) is 4. The van der Waals surface area contributed by atoms with Crippen LogP contribution < -0.4 is 0 Å². The minimum Gasteiger partial charge on any atom is -0.353 e. The zero-order valence-corrected chi connectivity index (χ0v) is 23.3. The molecular formula is C31H48O6. The van der Waals surface area contributed by atoms with Crippen molar-refractivity contribution in [2.24, 2.45) is 34.5 Å². The average molecular weight is 517 g/mol. The number of fused-ring (bicyclic) bond motifs is 5. The van der Waals surface area contributed by atoms with Gasteiger partial charge in [-0.15, -0.1) is 0 Å². The van der Waals surface area contributed by atoms with Gasteiger partial charge in [0.05, 0.1) is 6.10 Å². The molecule has 6 unspecified atom stereocenters. The van der Waals surface area contributed by atoms with Crippen LogP contribution in [0.25, 0.3) is 0 Å². The second kappa shape index (κ2) is 9.98. The molecule has 2 aliphatic heterocycles. The van der Waals surface area contributed by atoms with Crippen LogP contribution in [0, 0.1) is 34.5 Å². The molecule has 208 valence electrons. The highest BCUT2D eigenvalue weighted by Gasteiger charge is 2.70. The number of hydrogen-bond donors (Lipinski definition) is 0. The first-order valence-electron chi connectivity index (χ1n) is 15.4. The van der Waals surface area contributed by atoms with Gasteiger partial charge in [0, 0.05) is 31.5 Å². The molecule has 0 aromatic heterocycles. The summed E-state index contributed by atoms with van der Waals surface area (Å²) in [4.78, 5) is 26.1. The van der Waals surface area contributed by atoms with Gasteiger partial charge in [-0.05, 0) is 113 Å². The van der Waals surface area contributed by atoms with E-state index in [1.165, 1.54) is 0 Å². The SMILES string of the molecule is CC(=O)[C@@]1(OC2CCCCO2)CCC2C3CC[C@@H]4CC(=O)CC[C@]4(C)C3C(OC3CCCCO3)C[C@@]21C. The van der Waals surface area contributed by atoms with E-state index in [4.69, 9.17) is 18.9 Å². The number of ketones is 2. The fraction of sp³-hybridized carbons (Fsp3) is 0.935. The zero-order chi connectivity index (χ0) is 25.8. The third kappa shape index (κ3) is 4.28. The normalized spacial score (nSPS) is 50.1. The first-order chi connectivity index (χ1) is 17.8. The van der Waals surface area contributed by atoms with Crippen LogP contribution >= 0.6 is 0 Å². The van der Waals surface area contributed by atoms with Crippen LogP contribution in [0.15, 0.2) is 0 Å². The standard InChI is InChI=1S/C31H48O6/c1-20(32)31(37-27-9-5-7-17-35-27)15-13-24-23-11-10-21-18-22(33)12-14-29(21,2)28(23)25(19-30(24,31)3)36-26-8-4-6-16-34-26/h21,23-28H,4-19H2,1-3H3/t21-,23?,24?,25?,26?,27?,28?,29+,30+,31+/m1/s1. The maximum Gasteiger partial charge on any atom is 0.162 e. The molecule has 0 N–H and O–H groups in total. The predicted octanol–water partition coefficient (Wildman–Crippen LogP) is 5.99. The van der Waals surface area contributed by atoms with E-state index in [-0.39, 0.29) is 35.3 Å². The minimum absolute atomic E-state index is 0.0167. The van der Waals surface area contributed by atoms with Crippen LogP contribution in [0.1, 0.15) is 111 Å². The van der Waals surface area contributed by atoms with Gasteiger partial charge in [0.15, 0.2) is 18.4 Å². The molecule has 10 atom stereocenters. The van der Waals surface area contributed by atoms with Crippen LogP contribution in [0.2, 0.25) is 0 Å². The van der Waals surface area contributed by atoms with Crippen molar-refractivity contribution in [3.05, 3.63) is 0 Å². The van der Waals surface area contributed by atoms with Gasteiger partial charge in [0.2, 0.25) is 0 Å². The van der Waals surface area contributed by atoms with Crippen molar-refractivity contribution in [2.75, 3.05) is 13.2 Å². The third-order valence-electron chi connectivity index (χ3n) is 12.0. The van der Waals surface area contributed by atoms with Crippen LogP contribution in [0.5, 0.6) is 0 Å². The van der Waals surface area contributed by atoms with Crippen LogP contribution in [-0.2, 0) is 28.5 Å². The lowest BCUT2D eigenvalue weighted by atomic mass is 9.43. The molecule has 6 aliphatic rings. The largest absolute Gasteiger partial charge is 0.353 e. The fourth-order valence-corrected chi connectivity index (χ4v) is 10.1. The molecular weight excluding hydrogens is 468 g/mol. The van der Waals surface area contributed by atoms with Gasteiger partial charge in [0.1, 0.15) is 11.4 Å². The van der Waals surface area contributed by atoms with E-state index in [2.05, 4.69) is 13.8 Å². The summed E-state index contributed by atoms with van der Waals surface area (Å²) in [6, 6.07) is 0. The molecule has 0 amide bonds. The summed E-state index contributed by atoms with van der Waals surface area (Å²) in [6.07, 6.45) is 13.0. The quantitative estimate of drug-likeness (QED) is 0.447. The van der Waals surface area contributed by atoms with Crippen molar-refractivity contribution < 1.29 is 28.5 Å². The lowest BCUT2D eigenvalue weighted by Gasteiger charge is -2.63. The lowest BCUT2D eigenvalue weighted by Crippen LogP contribution is -2.64. The van der Waals surface area contributed by atoms with Crippen molar-refractivity contribution in [1.29, 1.82) is 0 Å². The van der Waals surface area contributed by atoms with E-state index in [0.717, 1.165) is 90.1 Å². The summed E-state index contributed by atoms with van der Waals surface area (Å²) >= 11 is 0. The highest BCUT2D eigenvalue weighted by molar-refractivity contribution is 5.86. The average Bonchev–Trinajstić information content (AvgIpc) is 3.18. The van der Waals surface area contributed by atoms with Gasteiger partial charge in [-0.3, -0.25) is 9.59 Å². The highest BCUT2D eigenvalue weighted by atomic mass is 16.7. The Balaban J connectivity index is 1.36. The molecule has 6 fully saturated rings. The molecule has 2 heterocycles. The Hall–Kier alpha value is -0.820. The number of Topliss-reactive ketones (excluding diaryl/α,β-unsaturated/α-hetero) is 2. The maximum absolute atomic E-state index is 13.6. The number of hydrogen-bond acceptors (Lipinski definition) is 6. The monoisotopic (exact) mass is 516 g/mol. The van der Waals surface area contributed by atoms with Gasteiger partial charge < -0.3 is 18.9 Å². The van der Waals surface area contributed by atoms with Crippen LogP contribution in [-0.4, -0.2) is 49.1 Å². The molecule has 37 heavy (non-hydrogen) atoms. The first kappa shape index (κ1) is 26.4. The number of carbonyl (C=O) groups excluding carboxylic acids is 2. The summed E-state index contributed by atoms with van der Waals surface area (Å²) in [5.74, 6) is 2.35. The topological polar surface area (TPSA) is 71.1 Å². The van der Waals surface area contributed by atoms with E-state index in [1.807, 2.05) is 0 Å². The van der Waals surface area contributed by atoms with Crippen molar-refractivity contribution in [1.82, 2.24) is 0 Å². The van der Waals surface area contributed by atoms with Crippen molar-refractivity contribution in [3.8, 4) is 0 Å². The summed E-state index contributed by atoms with van der Waals surface area (Å²) < 4.78 is 26.0.